The molecule has 2 aromatic rings. The highest BCUT2D eigenvalue weighted by atomic mass is 32.1. The van der Waals surface area contributed by atoms with Crippen LogP contribution in [-0.2, 0) is 16.1 Å². The lowest BCUT2D eigenvalue weighted by Crippen LogP contribution is -2.36. The Morgan fingerprint density at radius 2 is 2.43 bits per heavy atom. The summed E-state index contributed by atoms with van der Waals surface area (Å²) in [6.07, 6.45) is 2.87. The van der Waals surface area contributed by atoms with Gasteiger partial charge in [-0.3, -0.25) is 14.2 Å². The maximum atomic E-state index is 12.4. The Balaban J connectivity index is 1.62. The fourth-order valence-corrected chi connectivity index (χ4v) is 3.60. The number of aromatic nitrogens is 2. The van der Waals surface area contributed by atoms with Crippen LogP contribution < -0.4 is 5.56 Å². The number of hydrogen-bond acceptors (Lipinski definition) is 5. The van der Waals surface area contributed by atoms with Gasteiger partial charge in [-0.15, -0.1) is 11.3 Å². The largest absolute Gasteiger partial charge is 0.381 e. The molecule has 1 amide bonds. The third-order valence-corrected chi connectivity index (χ3v) is 5.07. The molecule has 1 atom stereocenters. The minimum Gasteiger partial charge on any atom is -0.381 e. The molecule has 0 aliphatic carbocycles. The van der Waals surface area contributed by atoms with Crippen LogP contribution >= 0.6 is 11.3 Å². The number of aryl methyl sites for hydroxylation is 1. The molecule has 23 heavy (non-hydrogen) atoms. The van der Waals surface area contributed by atoms with Crippen LogP contribution in [0.4, 0.5) is 0 Å². The van der Waals surface area contributed by atoms with Crippen molar-refractivity contribution in [1.29, 1.82) is 0 Å². The molecule has 3 heterocycles. The normalized spacial score (nSPS) is 17.7. The van der Waals surface area contributed by atoms with Crippen molar-refractivity contribution in [2.24, 2.45) is 5.92 Å². The topological polar surface area (TPSA) is 64.4 Å². The van der Waals surface area contributed by atoms with Gasteiger partial charge in [-0.25, -0.2) is 4.98 Å². The number of thiophene rings is 1. The second kappa shape index (κ2) is 7.23. The van der Waals surface area contributed by atoms with Crippen molar-refractivity contribution in [3.8, 4) is 0 Å². The van der Waals surface area contributed by atoms with Crippen LogP contribution in [0.3, 0.4) is 0 Å². The zero-order chi connectivity index (χ0) is 16.2. The standard InChI is InChI=1S/C16H21N3O3S/c1-2-18(9-12-4-7-22-10-12)14(20)3-6-19-11-17-15-13(16(19)21)5-8-23-15/h5,8,11-12H,2-4,6-7,9-10H2,1H3/t12-/m1/s1. The molecule has 0 unspecified atom stereocenters. The molecular formula is C16H21N3O3S. The Hall–Kier alpha value is -1.73. The molecule has 7 heteroatoms. The fraction of sp³-hybridized carbons (Fsp3) is 0.562. The van der Waals surface area contributed by atoms with Crippen molar-refractivity contribution in [3.63, 3.8) is 0 Å². The molecular weight excluding hydrogens is 314 g/mol. The third-order valence-electron chi connectivity index (χ3n) is 4.25. The number of rotatable bonds is 6. The van der Waals surface area contributed by atoms with Crippen LogP contribution in [0, 0.1) is 5.92 Å². The van der Waals surface area contributed by atoms with Gasteiger partial charge >= 0.3 is 0 Å². The predicted octanol–water partition coefficient (Wildman–Crippen LogP) is 1.73. The Morgan fingerprint density at radius 1 is 1.57 bits per heavy atom. The van der Waals surface area contributed by atoms with Crippen molar-refractivity contribution in [3.05, 3.63) is 28.1 Å². The van der Waals surface area contributed by atoms with Gasteiger partial charge in [0.2, 0.25) is 5.91 Å². The number of ether oxygens (including phenoxy) is 1. The zero-order valence-electron chi connectivity index (χ0n) is 13.2. The van der Waals surface area contributed by atoms with Gasteiger partial charge < -0.3 is 9.64 Å². The highest BCUT2D eigenvalue weighted by Crippen LogP contribution is 2.15. The average Bonchev–Trinajstić information content (AvgIpc) is 3.23. The minimum absolute atomic E-state index is 0.0729. The quantitative estimate of drug-likeness (QED) is 0.806. The number of fused-ring (bicyclic) bond motifs is 1. The van der Waals surface area contributed by atoms with Crippen LogP contribution in [0.2, 0.25) is 0 Å². The first kappa shape index (κ1) is 16.1. The molecule has 0 radical (unpaired) electrons. The monoisotopic (exact) mass is 335 g/mol. The highest BCUT2D eigenvalue weighted by molar-refractivity contribution is 7.16. The first-order valence-electron chi connectivity index (χ1n) is 7.97. The summed E-state index contributed by atoms with van der Waals surface area (Å²) in [5, 5.41) is 2.48. The van der Waals surface area contributed by atoms with E-state index in [0.29, 0.717) is 30.8 Å². The molecule has 0 saturated carbocycles. The van der Waals surface area contributed by atoms with E-state index in [1.807, 2.05) is 17.2 Å². The van der Waals surface area contributed by atoms with Gasteiger partial charge in [-0.2, -0.15) is 0 Å². The van der Waals surface area contributed by atoms with Crippen molar-refractivity contribution < 1.29 is 9.53 Å². The number of carbonyl (C=O) groups is 1. The smallest absolute Gasteiger partial charge is 0.262 e. The Morgan fingerprint density at radius 3 is 3.17 bits per heavy atom. The Kier molecular flexibility index (Phi) is 5.07. The summed E-state index contributed by atoms with van der Waals surface area (Å²) < 4.78 is 6.90. The van der Waals surface area contributed by atoms with Crippen molar-refractivity contribution in [2.45, 2.75) is 26.3 Å². The molecule has 3 rings (SSSR count). The molecule has 1 fully saturated rings. The van der Waals surface area contributed by atoms with Gasteiger partial charge in [-0.05, 0) is 24.8 Å². The summed E-state index contributed by atoms with van der Waals surface area (Å²) >= 11 is 1.45. The molecule has 0 aromatic carbocycles. The van der Waals surface area contributed by atoms with E-state index in [1.165, 1.54) is 22.2 Å². The fourth-order valence-electron chi connectivity index (χ4n) is 2.87. The van der Waals surface area contributed by atoms with E-state index in [-0.39, 0.29) is 11.5 Å². The van der Waals surface area contributed by atoms with E-state index in [0.717, 1.165) is 31.0 Å². The van der Waals surface area contributed by atoms with E-state index in [1.54, 1.807) is 6.07 Å². The van der Waals surface area contributed by atoms with E-state index in [9.17, 15) is 9.59 Å². The first-order chi connectivity index (χ1) is 11.2. The number of carbonyl (C=O) groups excluding carboxylic acids is 1. The second-order valence-corrected chi connectivity index (χ2v) is 6.69. The molecule has 0 N–H and O–H groups in total. The summed E-state index contributed by atoms with van der Waals surface area (Å²) in [5.74, 6) is 0.516. The van der Waals surface area contributed by atoms with Crippen LogP contribution in [-0.4, -0.2) is 46.7 Å². The van der Waals surface area contributed by atoms with Crippen LogP contribution in [0.1, 0.15) is 19.8 Å². The van der Waals surface area contributed by atoms with Gasteiger partial charge in [0.25, 0.3) is 5.56 Å². The minimum atomic E-state index is -0.0729. The number of hydrogen-bond donors (Lipinski definition) is 0. The lowest BCUT2D eigenvalue weighted by atomic mass is 10.1. The van der Waals surface area contributed by atoms with Crippen LogP contribution in [0.5, 0.6) is 0 Å². The van der Waals surface area contributed by atoms with E-state index >= 15 is 0 Å². The molecule has 0 bridgehead atoms. The number of amides is 1. The maximum absolute atomic E-state index is 12.4. The highest BCUT2D eigenvalue weighted by Gasteiger charge is 2.21. The molecule has 1 saturated heterocycles. The molecule has 124 valence electrons. The predicted molar refractivity (Wildman–Crippen MR) is 89.7 cm³/mol. The molecule has 2 aromatic heterocycles. The lowest BCUT2D eigenvalue weighted by molar-refractivity contribution is -0.131. The van der Waals surface area contributed by atoms with Crippen molar-refractivity contribution in [2.75, 3.05) is 26.3 Å². The summed E-state index contributed by atoms with van der Waals surface area (Å²) in [5.41, 5.74) is -0.0729. The van der Waals surface area contributed by atoms with E-state index in [2.05, 4.69) is 4.98 Å². The van der Waals surface area contributed by atoms with E-state index < -0.39 is 0 Å². The SMILES string of the molecule is CCN(C[C@H]1CCOC1)C(=O)CCn1cnc2sccc2c1=O. The summed E-state index contributed by atoms with van der Waals surface area (Å²) in [4.78, 5) is 31.6. The summed E-state index contributed by atoms with van der Waals surface area (Å²) in [7, 11) is 0. The third kappa shape index (κ3) is 3.61. The molecule has 6 nitrogen and oxygen atoms in total. The maximum Gasteiger partial charge on any atom is 0.262 e. The Labute approximate surface area is 138 Å². The van der Waals surface area contributed by atoms with Crippen LogP contribution in [0.25, 0.3) is 10.2 Å². The Bertz CT molecular complexity index is 733. The van der Waals surface area contributed by atoms with Crippen molar-refractivity contribution >= 4 is 27.5 Å². The summed E-state index contributed by atoms with van der Waals surface area (Å²) in [6, 6.07) is 1.78. The molecule has 0 spiro atoms. The second-order valence-electron chi connectivity index (χ2n) is 5.79. The molecule has 1 aliphatic heterocycles. The first-order valence-corrected chi connectivity index (χ1v) is 8.85. The molecule has 1 aliphatic rings. The average molecular weight is 335 g/mol. The van der Waals surface area contributed by atoms with Gasteiger partial charge in [0.05, 0.1) is 18.3 Å². The van der Waals surface area contributed by atoms with Crippen LogP contribution in [0.15, 0.2) is 22.6 Å². The van der Waals surface area contributed by atoms with Gasteiger partial charge in [-0.1, -0.05) is 0 Å². The number of nitrogens with zero attached hydrogens (tertiary/aromatic N) is 3. The van der Waals surface area contributed by atoms with E-state index in [4.69, 9.17) is 4.74 Å². The van der Waals surface area contributed by atoms with Gasteiger partial charge in [0, 0.05) is 38.6 Å². The lowest BCUT2D eigenvalue weighted by Gasteiger charge is -2.23. The van der Waals surface area contributed by atoms with Gasteiger partial charge in [0.1, 0.15) is 4.83 Å². The van der Waals surface area contributed by atoms with Crippen molar-refractivity contribution in [1.82, 2.24) is 14.5 Å². The summed E-state index contributed by atoms with van der Waals surface area (Å²) in [6.45, 7) is 5.31. The van der Waals surface area contributed by atoms with Gasteiger partial charge in [0.15, 0.2) is 0 Å². The zero-order valence-corrected chi connectivity index (χ0v) is 14.1.